The number of nitrogens with zero attached hydrogens (tertiary/aromatic N) is 3. The maximum Gasteiger partial charge on any atom is 0.0957 e. The molecule has 0 aliphatic carbocycles. The molecule has 3 rings (SSSR count). The number of hydrogen-bond acceptors (Lipinski definition) is 3. The van der Waals surface area contributed by atoms with Crippen molar-refractivity contribution in [1.82, 2.24) is 14.8 Å². The summed E-state index contributed by atoms with van der Waals surface area (Å²) in [4.78, 5) is 4.30. The summed E-state index contributed by atoms with van der Waals surface area (Å²) in [7, 11) is 0. The highest BCUT2D eigenvalue weighted by atomic mass is 16.3. The van der Waals surface area contributed by atoms with Crippen LogP contribution in [0.5, 0.6) is 0 Å². The minimum atomic E-state index is -0.497. The first-order valence-corrected chi connectivity index (χ1v) is 6.36. The highest BCUT2D eigenvalue weighted by Crippen LogP contribution is 2.19. The summed E-state index contributed by atoms with van der Waals surface area (Å²) in [6, 6.07) is 11.8. The van der Waals surface area contributed by atoms with Gasteiger partial charge in [-0.1, -0.05) is 25.1 Å². The Morgan fingerprint density at radius 3 is 2.74 bits per heavy atom. The van der Waals surface area contributed by atoms with Crippen LogP contribution in [-0.4, -0.2) is 19.9 Å². The van der Waals surface area contributed by atoms with Gasteiger partial charge in [-0.15, -0.1) is 0 Å². The third-order valence-electron chi connectivity index (χ3n) is 3.22. The van der Waals surface area contributed by atoms with Crippen molar-refractivity contribution in [2.24, 2.45) is 0 Å². The fourth-order valence-corrected chi connectivity index (χ4v) is 2.11. The number of benzene rings is 1. The second-order valence-electron chi connectivity index (χ2n) is 4.48. The van der Waals surface area contributed by atoms with Gasteiger partial charge in [-0.05, 0) is 24.6 Å². The van der Waals surface area contributed by atoms with Gasteiger partial charge in [0, 0.05) is 5.39 Å². The molecule has 19 heavy (non-hydrogen) atoms. The van der Waals surface area contributed by atoms with Crippen LogP contribution >= 0.6 is 0 Å². The van der Waals surface area contributed by atoms with E-state index in [1.54, 1.807) is 6.20 Å². The van der Waals surface area contributed by atoms with Crippen molar-refractivity contribution < 1.29 is 5.11 Å². The molecule has 0 bridgehead atoms. The van der Waals surface area contributed by atoms with Gasteiger partial charge in [-0.2, -0.15) is 5.10 Å². The van der Waals surface area contributed by atoms with Gasteiger partial charge in [-0.25, -0.2) is 4.68 Å². The zero-order valence-corrected chi connectivity index (χ0v) is 10.7. The Morgan fingerprint density at radius 1 is 1.16 bits per heavy atom. The van der Waals surface area contributed by atoms with Crippen molar-refractivity contribution in [3.63, 3.8) is 0 Å². The molecule has 0 unspecified atom stereocenters. The third kappa shape index (κ3) is 2.11. The second kappa shape index (κ2) is 4.82. The normalized spacial score (nSPS) is 12.7. The fourth-order valence-electron chi connectivity index (χ4n) is 2.11. The van der Waals surface area contributed by atoms with Crippen LogP contribution in [-0.2, 0) is 0 Å². The van der Waals surface area contributed by atoms with E-state index in [-0.39, 0.29) is 0 Å². The predicted molar refractivity (Wildman–Crippen MR) is 74.1 cm³/mol. The van der Waals surface area contributed by atoms with Crippen molar-refractivity contribution in [2.75, 3.05) is 0 Å². The Balaban J connectivity index is 2.02. The van der Waals surface area contributed by atoms with Gasteiger partial charge < -0.3 is 5.11 Å². The molecule has 0 saturated heterocycles. The van der Waals surface area contributed by atoms with Crippen LogP contribution in [0.25, 0.3) is 16.6 Å². The van der Waals surface area contributed by atoms with Crippen LogP contribution in [0, 0.1) is 0 Å². The molecule has 0 saturated carbocycles. The lowest BCUT2D eigenvalue weighted by molar-refractivity contribution is 0.169. The Hall–Kier alpha value is -2.20. The van der Waals surface area contributed by atoms with E-state index in [2.05, 4.69) is 10.1 Å². The minimum absolute atomic E-state index is 0.497. The van der Waals surface area contributed by atoms with Gasteiger partial charge in [0.05, 0.1) is 35.4 Å². The van der Waals surface area contributed by atoms with Crippen molar-refractivity contribution in [3.8, 4) is 5.69 Å². The molecule has 4 heteroatoms. The highest BCUT2D eigenvalue weighted by molar-refractivity contribution is 5.79. The average Bonchev–Trinajstić information content (AvgIpc) is 2.90. The van der Waals surface area contributed by atoms with Crippen LogP contribution in [0.15, 0.2) is 48.8 Å². The molecule has 96 valence electrons. The maximum absolute atomic E-state index is 9.74. The van der Waals surface area contributed by atoms with E-state index in [0.29, 0.717) is 12.1 Å². The van der Waals surface area contributed by atoms with Crippen LogP contribution in [0.4, 0.5) is 0 Å². The second-order valence-corrected chi connectivity index (χ2v) is 4.48. The summed E-state index contributed by atoms with van der Waals surface area (Å²) in [6.45, 7) is 1.93. The zero-order chi connectivity index (χ0) is 13.2. The molecule has 2 heterocycles. The first kappa shape index (κ1) is 11.9. The molecule has 1 N–H and O–H groups in total. The number of fused-ring (bicyclic) bond motifs is 1. The summed E-state index contributed by atoms with van der Waals surface area (Å²) < 4.78 is 1.85. The summed E-state index contributed by atoms with van der Waals surface area (Å²) in [5, 5.41) is 15.2. The van der Waals surface area contributed by atoms with E-state index in [1.807, 2.05) is 54.2 Å². The fraction of sp³-hybridized carbons (Fsp3) is 0.200. The minimum Gasteiger partial charge on any atom is -0.387 e. The van der Waals surface area contributed by atoms with E-state index in [1.165, 1.54) is 0 Å². The molecule has 1 aromatic carbocycles. The van der Waals surface area contributed by atoms with E-state index in [0.717, 1.165) is 16.6 Å². The predicted octanol–water partition coefficient (Wildman–Crippen LogP) is 2.86. The zero-order valence-electron chi connectivity index (χ0n) is 10.7. The molecule has 4 nitrogen and oxygen atoms in total. The summed E-state index contributed by atoms with van der Waals surface area (Å²) >= 11 is 0. The van der Waals surface area contributed by atoms with Gasteiger partial charge in [0.2, 0.25) is 0 Å². The lowest BCUT2D eigenvalue weighted by Gasteiger charge is -2.08. The molecule has 2 aromatic heterocycles. The molecule has 1 atom stereocenters. The quantitative estimate of drug-likeness (QED) is 0.780. The number of aromatic nitrogens is 3. The first-order chi connectivity index (χ1) is 9.29. The number of aliphatic hydroxyl groups is 1. The third-order valence-corrected chi connectivity index (χ3v) is 3.22. The Bertz CT molecular complexity index is 688. The molecule has 0 aliphatic rings. The Morgan fingerprint density at radius 2 is 2.00 bits per heavy atom. The molecule has 3 aromatic rings. The van der Waals surface area contributed by atoms with Crippen molar-refractivity contribution in [3.05, 3.63) is 54.5 Å². The van der Waals surface area contributed by atoms with Crippen molar-refractivity contribution in [2.45, 2.75) is 19.4 Å². The van der Waals surface area contributed by atoms with Crippen LogP contribution < -0.4 is 0 Å². The number of hydrogen-bond donors (Lipinski definition) is 1. The number of aliphatic hydroxyl groups excluding tert-OH is 1. The summed E-state index contributed by atoms with van der Waals surface area (Å²) in [5.74, 6) is 0. The number of rotatable bonds is 3. The Kier molecular flexibility index (Phi) is 3.01. The van der Waals surface area contributed by atoms with Gasteiger partial charge in [0.15, 0.2) is 0 Å². The number of pyridine rings is 1. The van der Waals surface area contributed by atoms with Crippen LogP contribution in [0.3, 0.4) is 0 Å². The highest BCUT2D eigenvalue weighted by Gasteiger charge is 2.08. The van der Waals surface area contributed by atoms with Crippen molar-refractivity contribution >= 4 is 10.9 Å². The SMILES string of the molecule is CC[C@H](O)c1ccc(-n2ncc3ccccc32)cn1. The topological polar surface area (TPSA) is 50.9 Å². The van der Waals surface area contributed by atoms with E-state index in [4.69, 9.17) is 0 Å². The largest absolute Gasteiger partial charge is 0.387 e. The van der Waals surface area contributed by atoms with Crippen LogP contribution in [0.1, 0.15) is 25.1 Å². The molecule has 0 radical (unpaired) electrons. The van der Waals surface area contributed by atoms with E-state index >= 15 is 0 Å². The molecule has 0 spiro atoms. The maximum atomic E-state index is 9.74. The van der Waals surface area contributed by atoms with Crippen molar-refractivity contribution in [1.29, 1.82) is 0 Å². The molecule has 0 fully saturated rings. The molecular weight excluding hydrogens is 238 g/mol. The number of para-hydroxylation sites is 1. The lowest BCUT2D eigenvalue weighted by Crippen LogP contribution is -2.01. The van der Waals surface area contributed by atoms with Gasteiger partial charge in [0.1, 0.15) is 0 Å². The summed E-state index contributed by atoms with van der Waals surface area (Å²) in [5.41, 5.74) is 2.64. The Labute approximate surface area is 111 Å². The van der Waals surface area contributed by atoms with Gasteiger partial charge in [0.25, 0.3) is 0 Å². The van der Waals surface area contributed by atoms with E-state index < -0.39 is 6.10 Å². The van der Waals surface area contributed by atoms with Gasteiger partial charge in [-0.3, -0.25) is 4.98 Å². The van der Waals surface area contributed by atoms with Crippen LogP contribution in [0.2, 0.25) is 0 Å². The monoisotopic (exact) mass is 253 g/mol. The molecule has 0 amide bonds. The molecule has 0 aliphatic heterocycles. The smallest absolute Gasteiger partial charge is 0.0957 e. The van der Waals surface area contributed by atoms with E-state index in [9.17, 15) is 5.11 Å². The first-order valence-electron chi connectivity index (χ1n) is 6.36. The lowest BCUT2D eigenvalue weighted by atomic mass is 10.2. The average molecular weight is 253 g/mol. The standard InChI is InChI=1S/C15H15N3O/c1-2-15(19)13-8-7-12(10-16-13)18-14-6-4-3-5-11(14)9-17-18/h3-10,15,19H,2H2,1H3/t15-/m0/s1. The summed E-state index contributed by atoms with van der Waals surface area (Å²) in [6.07, 6.45) is 3.75. The van der Waals surface area contributed by atoms with Gasteiger partial charge >= 0.3 is 0 Å². The molecular formula is C15H15N3O.